The maximum absolute atomic E-state index is 13.4. The van der Waals surface area contributed by atoms with Gasteiger partial charge in [0.15, 0.2) is 0 Å². The molecule has 0 atom stereocenters. The topological polar surface area (TPSA) is 113 Å². The Kier molecular flexibility index (Phi) is 9.23. The molecule has 0 radical (unpaired) electrons. The summed E-state index contributed by atoms with van der Waals surface area (Å²) >= 11 is 5.97. The van der Waals surface area contributed by atoms with Crippen LogP contribution in [0.5, 0.6) is 0 Å². The Morgan fingerprint density at radius 3 is 2.49 bits per heavy atom. The highest BCUT2D eigenvalue weighted by Gasteiger charge is 2.26. The molecule has 35 heavy (non-hydrogen) atoms. The Bertz CT molecular complexity index is 1310. The SMILES string of the molecule is COCCNC(=O)/C(C#N)=C\c1ccc(CN(Cc2ccc(Cl)cc2)S(=O)(=O)c2ccccc2)o1. The van der Waals surface area contributed by atoms with Crippen LogP contribution in [0.4, 0.5) is 0 Å². The van der Waals surface area contributed by atoms with E-state index in [2.05, 4.69) is 5.32 Å². The van der Waals surface area contributed by atoms with E-state index in [-0.39, 0.29) is 35.9 Å². The van der Waals surface area contributed by atoms with Gasteiger partial charge in [0.05, 0.1) is 18.0 Å². The van der Waals surface area contributed by atoms with E-state index in [0.29, 0.717) is 17.4 Å². The standard InChI is InChI=1S/C25H24ClN3O5S/c1-33-14-13-28-25(30)20(16-27)15-22-11-12-23(34-22)18-29(17-19-7-9-21(26)10-8-19)35(31,32)24-5-3-2-4-6-24/h2-12,15H,13-14,17-18H2,1H3,(H,28,30)/b20-15-. The number of nitriles is 1. The molecule has 0 aliphatic heterocycles. The monoisotopic (exact) mass is 513 g/mol. The first kappa shape index (κ1) is 26.2. The summed E-state index contributed by atoms with van der Waals surface area (Å²) in [5, 5.41) is 12.5. The second-order valence-corrected chi connectivity index (χ2v) is 9.81. The Balaban J connectivity index is 1.85. The van der Waals surface area contributed by atoms with Crippen molar-refractivity contribution >= 4 is 33.6 Å². The number of halogens is 1. The molecule has 1 amide bonds. The molecule has 1 N–H and O–H groups in total. The number of nitrogens with one attached hydrogen (secondary N) is 1. The van der Waals surface area contributed by atoms with Crippen LogP contribution in [0.2, 0.25) is 5.02 Å². The number of amides is 1. The molecule has 0 spiro atoms. The third kappa shape index (κ3) is 7.28. The molecule has 2 aromatic carbocycles. The minimum atomic E-state index is -3.86. The summed E-state index contributed by atoms with van der Waals surface area (Å²) in [5.74, 6) is 0.0438. The Morgan fingerprint density at radius 2 is 1.83 bits per heavy atom. The van der Waals surface area contributed by atoms with Crippen LogP contribution in [0.15, 0.2) is 81.6 Å². The number of rotatable bonds is 11. The van der Waals surface area contributed by atoms with E-state index in [4.69, 9.17) is 20.8 Å². The molecule has 0 fully saturated rings. The van der Waals surface area contributed by atoms with E-state index in [1.54, 1.807) is 54.6 Å². The average Bonchev–Trinajstić information content (AvgIpc) is 3.31. The van der Waals surface area contributed by atoms with E-state index in [1.807, 2.05) is 6.07 Å². The fraction of sp³-hybridized carbons (Fsp3) is 0.200. The lowest BCUT2D eigenvalue weighted by Crippen LogP contribution is -2.30. The van der Waals surface area contributed by atoms with E-state index in [9.17, 15) is 18.5 Å². The number of hydrogen-bond acceptors (Lipinski definition) is 6. The van der Waals surface area contributed by atoms with Crippen molar-refractivity contribution in [3.05, 3.63) is 94.4 Å². The highest BCUT2D eigenvalue weighted by molar-refractivity contribution is 7.89. The summed E-state index contributed by atoms with van der Waals surface area (Å²) in [5.41, 5.74) is 0.608. The largest absolute Gasteiger partial charge is 0.460 e. The second-order valence-electron chi connectivity index (χ2n) is 7.44. The number of hydrogen-bond donors (Lipinski definition) is 1. The molecular formula is C25H24ClN3O5S. The van der Waals surface area contributed by atoms with Gasteiger partial charge in [0.1, 0.15) is 23.2 Å². The number of benzene rings is 2. The summed E-state index contributed by atoms with van der Waals surface area (Å²) in [6, 6.07) is 20.0. The van der Waals surface area contributed by atoms with Crippen LogP contribution in [0.25, 0.3) is 6.08 Å². The van der Waals surface area contributed by atoms with Gasteiger partial charge in [-0.05, 0) is 42.0 Å². The van der Waals surface area contributed by atoms with Gasteiger partial charge in [-0.1, -0.05) is 41.9 Å². The number of ether oxygens (including phenoxy) is 1. The van der Waals surface area contributed by atoms with Crippen molar-refractivity contribution in [2.75, 3.05) is 20.3 Å². The molecule has 0 saturated carbocycles. The maximum atomic E-state index is 13.4. The number of carbonyl (C=O) groups excluding carboxylic acids is 1. The molecule has 0 aliphatic carbocycles. The minimum absolute atomic E-state index is 0.0599. The third-order valence-electron chi connectivity index (χ3n) is 4.91. The number of nitrogens with zero attached hydrogens (tertiary/aromatic N) is 2. The van der Waals surface area contributed by atoms with Crippen LogP contribution in [0.3, 0.4) is 0 Å². The van der Waals surface area contributed by atoms with Crippen molar-refractivity contribution in [1.82, 2.24) is 9.62 Å². The normalized spacial score (nSPS) is 11.9. The molecule has 1 aromatic heterocycles. The fourth-order valence-electron chi connectivity index (χ4n) is 3.14. The molecule has 3 aromatic rings. The molecule has 3 rings (SSSR count). The van der Waals surface area contributed by atoms with Gasteiger partial charge in [0.25, 0.3) is 5.91 Å². The Morgan fingerprint density at radius 1 is 1.11 bits per heavy atom. The van der Waals surface area contributed by atoms with Crippen molar-refractivity contribution in [2.24, 2.45) is 0 Å². The van der Waals surface area contributed by atoms with E-state index >= 15 is 0 Å². The summed E-state index contributed by atoms with van der Waals surface area (Å²) in [6.07, 6.45) is 1.31. The Labute approximate surface area is 209 Å². The molecule has 0 saturated heterocycles. The molecule has 8 nitrogen and oxygen atoms in total. The lowest BCUT2D eigenvalue weighted by molar-refractivity contribution is -0.117. The Hall–Kier alpha value is -3.42. The molecule has 0 bridgehead atoms. The van der Waals surface area contributed by atoms with Crippen molar-refractivity contribution < 1.29 is 22.4 Å². The number of sulfonamides is 1. The van der Waals surface area contributed by atoms with Gasteiger partial charge in [-0.15, -0.1) is 0 Å². The van der Waals surface area contributed by atoms with Gasteiger partial charge >= 0.3 is 0 Å². The molecule has 0 aliphatic rings. The van der Waals surface area contributed by atoms with Crippen molar-refractivity contribution in [1.29, 1.82) is 5.26 Å². The third-order valence-corrected chi connectivity index (χ3v) is 6.97. The van der Waals surface area contributed by atoms with Gasteiger partial charge < -0.3 is 14.5 Å². The van der Waals surface area contributed by atoms with E-state index in [1.165, 1.54) is 29.6 Å². The average molecular weight is 514 g/mol. The van der Waals surface area contributed by atoms with Gasteiger partial charge in [-0.2, -0.15) is 9.57 Å². The zero-order valence-electron chi connectivity index (χ0n) is 19.0. The number of methoxy groups -OCH3 is 1. The van der Waals surface area contributed by atoms with Crippen molar-refractivity contribution in [3.8, 4) is 6.07 Å². The molecule has 0 unspecified atom stereocenters. The maximum Gasteiger partial charge on any atom is 0.262 e. The smallest absolute Gasteiger partial charge is 0.262 e. The van der Waals surface area contributed by atoms with E-state index in [0.717, 1.165) is 5.56 Å². The minimum Gasteiger partial charge on any atom is -0.460 e. The molecule has 10 heteroatoms. The van der Waals surface area contributed by atoms with Crippen LogP contribution < -0.4 is 5.32 Å². The summed E-state index contributed by atoms with van der Waals surface area (Å²) < 4.78 is 38.7. The van der Waals surface area contributed by atoms with Crippen LogP contribution in [0.1, 0.15) is 17.1 Å². The first-order chi connectivity index (χ1) is 16.8. The van der Waals surface area contributed by atoms with Gasteiger partial charge in [0.2, 0.25) is 10.0 Å². The summed E-state index contributed by atoms with van der Waals surface area (Å²) in [4.78, 5) is 12.3. The summed E-state index contributed by atoms with van der Waals surface area (Å²) in [6.45, 7) is 0.602. The molecule has 182 valence electrons. The van der Waals surface area contributed by atoms with Crippen molar-refractivity contribution in [2.45, 2.75) is 18.0 Å². The molecular weight excluding hydrogens is 490 g/mol. The van der Waals surface area contributed by atoms with E-state index < -0.39 is 15.9 Å². The van der Waals surface area contributed by atoms with Crippen LogP contribution in [-0.2, 0) is 32.6 Å². The second kappa shape index (κ2) is 12.3. The first-order valence-electron chi connectivity index (χ1n) is 10.6. The zero-order chi connectivity index (χ0) is 25.3. The van der Waals surface area contributed by atoms with Crippen LogP contribution >= 0.6 is 11.6 Å². The number of carbonyl (C=O) groups is 1. The highest BCUT2D eigenvalue weighted by atomic mass is 35.5. The van der Waals surface area contributed by atoms with Gasteiger partial charge in [-0.3, -0.25) is 4.79 Å². The predicted octanol–water partition coefficient (Wildman–Crippen LogP) is 3.99. The van der Waals surface area contributed by atoms with Crippen LogP contribution in [-0.4, -0.2) is 38.9 Å². The van der Waals surface area contributed by atoms with Gasteiger partial charge in [0, 0.05) is 31.3 Å². The highest BCUT2D eigenvalue weighted by Crippen LogP contribution is 2.23. The van der Waals surface area contributed by atoms with Crippen LogP contribution in [0, 0.1) is 11.3 Å². The lowest BCUT2D eigenvalue weighted by atomic mass is 10.2. The van der Waals surface area contributed by atoms with Crippen molar-refractivity contribution in [3.63, 3.8) is 0 Å². The predicted molar refractivity (Wildman–Crippen MR) is 132 cm³/mol. The summed E-state index contributed by atoms with van der Waals surface area (Å²) in [7, 11) is -2.35. The first-order valence-corrected chi connectivity index (χ1v) is 12.4. The zero-order valence-corrected chi connectivity index (χ0v) is 20.6. The fourth-order valence-corrected chi connectivity index (χ4v) is 4.69. The molecule has 1 heterocycles. The number of furan rings is 1. The quantitative estimate of drug-likeness (QED) is 0.235. The lowest BCUT2D eigenvalue weighted by Gasteiger charge is -2.21. The van der Waals surface area contributed by atoms with Gasteiger partial charge in [-0.25, -0.2) is 8.42 Å².